The predicted octanol–water partition coefficient (Wildman–Crippen LogP) is 5.11. The Morgan fingerprint density at radius 1 is 1.11 bits per heavy atom. The van der Waals surface area contributed by atoms with Crippen LogP contribution in [0.1, 0.15) is 34.6 Å². The Hall–Kier alpha value is -3.62. The summed E-state index contributed by atoms with van der Waals surface area (Å²) in [5.74, 6) is 0.546. The Balaban J connectivity index is 1.26. The van der Waals surface area contributed by atoms with E-state index in [4.69, 9.17) is 4.74 Å². The van der Waals surface area contributed by atoms with Crippen molar-refractivity contribution >= 4 is 40.7 Å². The van der Waals surface area contributed by atoms with Crippen molar-refractivity contribution < 1.29 is 9.53 Å². The molecule has 7 nitrogen and oxygen atoms in total. The second-order valence-corrected chi connectivity index (χ2v) is 9.74. The van der Waals surface area contributed by atoms with E-state index in [1.54, 1.807) is 18.8 Å². The number of nitrogens with one attached hydrogen (secondary N) is 2. The van der Waals surface area contributed by atoms with Gasteiger partial charge in [0, 0.05) is 34.8 Å². The summed E-state index contributed by atoms with van der Waals surface area (Å²) >= 11 is 1.55. The van der Waals surface area contributed by atoms with Crippen molar-refractivity contribution in [3.8, 4) is 5.88 Å². The van der Waals surface area contributed by atoms with Crippen LogP contribution in [-0.2, 0) is 0 Å². The van der Waals surface area contributed by atoms with Gasteiger partial charge in [-0.1, -0.05) is 30.0 Å². The van der Waals surface area contributed by atoms with E-state index in [0.29, 0.717) is 18.1 Å². The fourth-order valence-electron chi connectivity index (χ4n) is 4.27. The molecule has 0 bridgehead atoms. The molecule has 1 aliphatic rings. The van der Waals surface area contributed by atoms with Crippen LogP contribution in [0.15, 0.2) is 70.5 Å². The number of aromatic amines is 1. The Labute approximate surface area is 215 Å². The number of carbonyl (C=O) groups is 1. The number of aromatic nitrogens is 3. The van der Waals surface area contributed by atoms with Crippen molar-refractivity contribution in [1.82, 2.24) is 25.4 Å². The van der Waals surface area contributed by atoms with Crippen LogP contribution in [-0.4, -0.2) is 59.3 Å². The molecule has 0 atom stereocenters. The van der Waals surface area contributed by atoms with Crippen molar-refractivity contribution in [3.05, 3.63) is 77.6 Å². The van der Waals surface area contributed by atoms with Crippen LogP contribution in [0.5, 0.6) is 5.88 Å². The van der Waals surface area contributed by atoms with E-state index >= 15 is 0 Å². The number of H-pyrrole nitrogens is 1. The molecule has 1 amide bonds. The molecular weight excluding hydrogens is 470 g/mol. The van der Waals surface area contributed by atoms with Gasteiger partial charge in [-0.15, -0.1) is 0 Å². The zero-order valence-corrected chi connectivity index (χ0v) is 21.1. The molecule has 3 heterocycles. The molecule has 0 radical (unpaired) electrons. The number of hydrogen-bond donors (Lipinski definition) is 2. The minimum Gasteiger partial charge on any atom is -0.476 e. The maximum absolute atomic E-state index is 12.2. The lowest BCUT2D eigenvalue weighted by molar-refractivity contribution is 0.0960. The number of amides is 1. The van der Waals surface area contributed by atoms with Gasteiger partial charge in [-0.05, 0) is 74.5 Å². The number of pyridine rings is 1. The molecule has 2 aromatic heterocycles. The third kappa shape index (κ3) is 5.78. The average molecular weight is 500 g/mol. The summed E-state index contributed by atoms with van der Waals surface area (Å²) in [6, 6.07) is 19.6. The lowest BCUT2D eigenvalue weighted by Crippen LogP contribution is -2.25. The van der Waals surface area contributed by atoms with Crippen LogP contribution in [0.3, 0.4) is 0 Å². The third-order valence-corrected chi connectivity index (χ3v) is 7.23. The van der Waals surface area contributed by atoms with Gasteiger partial charge in [-0.2, -0.15) is 5.10 Å². The number of rotatable bonds is 9. The van der Waals surface area contributed by atoms with Crippen molar-refractivity contribution in [3.63, 3.8) is 0 Å². The van der Waals surface area contributed by atoms with E-state index in [1.807, 2.05) is 60.7 Å². The van der Waals surface area contributed by atoms with Gasteiger partial charge in [0.2, 0.25) is 5.88 Å². The van der Waals surface area contributed by atoms with Gasteiger partial charge in [0.05, 0.1) is 22.5 Å². The quantitative estimate of drug-likeness (QED) is 0.333. The van der Waals surface area contributed by atoms with Crippen LogP contribution >= 0.6 is 11.8 Å². The molecular formula is C28H29N5O2S. The maximum Gasteiger partial charge on any atom is 0.252 e. The lowest BCUT2D eigenvalue weighted by Gasteiger charge is -2.14. The minimum absolute atomic E-state index is 0.0946. The molecule has 1 aliphatic heterocycles. The number of carbonyl (C=O) groups excluding carboxylic acids is 1. The highest BCUT2D eigenvalue weighted by Crippen LogP contribution is 2.33. The molecule has 0 spiro atoms. The largest absolute Gasteiger partial charge is 0.476 e. The summed E-state index contributed by atoms with van der Waals surface area (Å²) in [6.07, 6.45) is 6.48. The van der Waals surface area contributed by atoms with E-state index < -0.39 is 0 Å². The Bertz CT molecular complexity index is 1380. The van der Waals surface area contributed by atoms with Crippen LogP contribution in [0.25, 0.3) is 23.1 Å². The lowest BCUT2D eigenvalue weighted by atomic mass is 10.2. The summed E-state index contributed by atoms with van der Waals surface area (Å²) in [5, 5.41) is 11.3. The summed E-state index contributed by atoms with van der Waals surface area (Å²) < 4.78 is 5.87. The van der Waals surface area contributed by atoms with Crippen LogP contribution in [0.4, 0.5) is 0 Å². The number of likely N-dealkylation sites (tertiary alicyclic amines) is 1. The zero-order chi connectivity index (χ0) is 24.7. The topological polar surface area (TPSA) is 83.1 Å². The first kappa shape index (κ1) is 24.1. The SMILES string of the molecule is CNC(=O)c1ccccc1Sc1ccc2c(/C=C/c3cccc(OCCN4CCCC4)n3)n[nH]c2c1. The highest BCUT2D eigenvalue weighted by molar-refractivity contribution is 7.99. The summed E-state index contributed by atoms with van der Waals surface area (Å²) in [7, 11) is 1.64. The van der Waals surface area contributed by atoms with E-state index in [9.17, 15) is 4.79 Å². The smallest absolute Gasteiger partial charge is 0.252 e. The van der Waals surface area contributed by atoms with Crippen molar-refractivity contribution in [2.45, 2.75) is 22.6 Å². The Morgan fingerprint density at radius 2 is 1.97 bits per heavy atom. The standard InChI is InChI=1S/C28H29N5O2S/c1-29-28(34)23-8-2-3-9-26(23)36-21-12-13-22-24(31-32-25(22)19-21)14-11-20-7-6-10-27(30-20)35-18-17-33-15-4-5-16-33/h2-3,6-14,19H,4-5,15-18H2,1H3,(H,29,34)(H,31,32)/b14-11+. The molecule has 184 valence electrons. The van der Waals surface area contributed by atoms with E-state index in [-0.39, 0.29) is 5.91 Å². The fourth-order valence-corrected chi connectivity index (χ4v) is 5.25. The van der Waals surface area contributed by atoms with E-state index in [1.165, 1.54) is 25.9 Å². The molecule has 2 N–H and O–H groups in total. The van der Waals surface area contributed by atoms with Gasteiger partial charge >= 0.3 is 0 Å². The second kappa shape index (κ2) is 11.4. The van der Waals surface area contributed by atoms with E-state index in [2.05, 4.69) is 37.5 Å². The molecule has 0 unspecified atom stereocenters. The van der Waals surface area contributed by atoms with Crippen molar-refractivity contribution in [2.75, 3.05) is 33.3 Å². The van der Waals surface area contributed by atoms with Gasteiger partial charge in [0.15, 0.2) is 0 Å². The molecule has 2 aromatic carbocycles. The van der Waals surface area contributed by atoms with Gasteiger partial charge in [0.1, 0.15) is 6.61 Å². The summed E-state index contributed by atoms with van der Waals surface area (Å²) in [4.78, 5) is 21.2. The second-order valence-electron chi connectivity index (χ2n) is 8.62. The minimum atomic E-state index is -0.0946. The molecule has 4 aromatic rings. The molecule has 5 rings (SSSR count). The van der Waals surface area contributed by atoms with Crippen LogP contribution < -0.4 is 10.1 Å². The monoisotopic (exact) mass is 499 g/mol. The number of ether oxygens (including phenoxy) is 1. The van der Waals surface area contributed by atoms with Gasteiger partial charge in [-0.25, -0.2) is 4.98 Å². The number of nitrogens with zero attached hydrogens (tertiary/aromatic N) is 3. The highest BCUT2D eigenvalue weighted by Gasteiger charge is 2.12. The molecule has 8 heteroatoms. The van der Waals surface area contributed by atoms with Crippen LogP contribution in [0, 0.1) is 0 Å². The van der Waals surface area contributed by atoms with E-state index in [0.717, 1.165) is 38.6 Å². The third-order valence-electron chi connectivity index (χ3n) is 6.16. The van der Waals surface area contributed by atoms with Gasteiger partial charge in [-0.3, -0.25) is 14.8 Å². The molecule has 1 saturated heterocycles. The number of hydrogen-bond acceptors (Lipinski definition) is 6. The first-order valence-electron chi connectivity index (χ1n) is 12.2. The van der Waals surface area contributed by atoms with Gasteiger partial charge in [0.25, 0.3) is 5.91 Å². The molecule has 0 saturated carbocycles. The number of fused-ring (bicyclic) bond motifs is 1. The first-order valence-corrected chi connectivity index (χ1v) is 13.0. The predicted molar refractivity (Wildman–Crippen MR) is 144 cm³/mol. The molecule has 1 fully saturated rings. The Kier molecular flexibility index (Phi) is 7.64. The van der Waals surface area contributed by atoms with Crippen molar-refractivity contribution in [1.29, 1.82) is 0 Å². The zero-order valence-electron chi connectivity index (χ0n) is 20.2. The highest BCUT2D eigenvalue weighted by atomic mass is 32.2. The van der Waals surface area contributed by atoms with Gasteiger partial charge < -0.3 is 10.1 Å². The molecule has 36 heavy (non-hydrogen) atoms. The maximum atomic E-state index is 12.2. The first-order chi connectivity index (χ1) is 17.7. The van der Waals surface area contributed by atoms with Crippen molar-refractivity contribution in [2.24, 2.45) is 0 Å². The summed E-state index contributed by atoms with van der Waals surface area (Å²) in [5.41, 5.74) is 3.26. The Morgan fingerprint density at radius 3 is 2.83 bits per heavy atom. The normalized spacial score (nSPS) is 14.0. The van der Waals surface area contributed by atoms with Crippen LogP contribution in [0.2, 0.25) is 0 Å². The average Bonchev–Trinajstić information content (AvgIpc) is 3.57. The number of benzene rings is 2. The summed E-state index contributed by atoms with van der Waals surface area (Å²) in [6.45, 7) is 3.93. The fraction of sp³-hybridized carbons (Fsp3) is 0.250. The molecule has 0 aliphatic carbocycles.